The van der Waals surface area contributed by atoms with Crippen molar-refractivity contribution in [2.75, 3.05) is 19.5 Å². The van der Waals surface area contributed by atoms with E-state index in [1.165, 1.54) is 44.6 Å². The number of sulfonamides is 1. The third-order valence-corrected chi connectivity index (χ3v) is 5.12. The van der Waals surface area contributed by atoms with E-state index in [-0.39, 0.29) is 23.4 Å². The predicted octanol–water partition coefficient (Wildman–Crippen LogP) is 1.46. The number of hydrogen-bond acceptors (Lipinski definition) is 10. The Morgan fingerprint density at radius 3 is 2.20 bits per heavy atom. The minimum absolute atomic E-state index is 0.131. The molecular formula is C16H14N6O7S. The number of carbonyl (C=O) groups is 1. The SMILES string of the molecule is COc1nc(NC(=O)NS(=O)(=O)c2cccc3cccc([N+](=O)[O-])c23)nc(OC)n1. The Balaban J connectivity index is 1.94. The molecule has 1 aromatic heterocycles. The van der Waals surface area contributed by atoms with Crippen molar-refractivity contribution in [1.29, 1.82) is 0 Å². The molecule has 2 N–H and O–H groups in total. The molecule has 0 aliphatic rings. The number of carbonyl (C=O) groups excluding carboxylic acids is 1. The number of non-ortho nitro benzene ring substituents is 1. The quantitative estimate of drug-likeness (QED) is 0.426. The second kappa shape index (κ2) is 8.12. The summed E-state index contributed by atoms with van der Waals surface area (Å²) in [6.45, 7) is 0. The zero-order valence-electron chi connectivity index (χ0n) is 15.5. The Hall–Kier alpha value is -4.07. The van der Waals surface area contributed by atoms with Gasteiger partial charge in [-0.25, -0.2) is 17.9 Å². The molecule has 1 heterocycles. The van der Waals surface area contributed by atoms with E-state index in [1.807, 2.05) is 0 Å². The largest absolute Gasteiger partial charge is 0.467 e. The first-order valence-corrected chi connectivity index (χ1v) is 9.57. The van der Waals surface area contributed by atoms with Gasteiger partial charge in [-0.3, -0.25) is 15.4 Å². The number of hydrogen-bond donors (Lipinski definition) is 2. The first-order valence-electron chi connectivity index (χ1n) is 8.09. The van der Waals surface area contributed by atoms with E-state index >= 15 is 0 Å². The molecule has 0 radical (unpaired) electrons. The average molecular weight is 434 g/mol. The molecule has 2 aromatic carbocycles. The number of nitrogens with one attached hydrogen (secondary N) is 2. The van der Waals surface area contributed by atoms with Crippen molar-refractivity contribution in [3.05, 3.63) is 46.5 Å². The number of methoxy groups -OCH3 is 2. The first-order chi connectivity index (χ1) is 14.2. The molecule has 156 valence electrons. The molecule has 0 fully saturated rings. The van der Waals surface area contributed by atoms with Crippen molar-refractivity contribution in [2.24, 2.45) is 0 Å². The number of ether oxygens (including phenoxy) is 2. The van der Waals surface area contributed by atoms with E-state index in [2.05, 4.69) is 20.3 Å². The van der Waals surface area contributed by atoms with Crippen LogP contribution in [0.1, 0.15) is 0 Å². The number of amides is 2. The zero-order chi connectivity index (χ0) is 21.9. The van der Waals surface area contributed by atoms with Crippen LogP contribution in [0.5, 0.6) is 12.0 Å². The maximum atomic E-state index is 12.8. The molecule has 0 saturated carbocycles. The highest BCUT2D eigenvalue weighted by Crippen LogP contribution is 2.31. The number of rotatable bonds is 6. The summed E-state index contributed by atoms with van der Waals surface area (Å²) in [5.41, 5.74) is -0.416. The fourth-order valence-corrected chi connectivity index (χ4v) is 3.70. The van der Waals surface area contributed by atoms with Crippen LogP contribution in [0.4, 0.5) is 16.4 Å². The van der Waals surface area contributed by atoms with Gasteiger partial charge in [0, 0.05) is 6.07 Å². The number of anilines is 1. The molecule has 0 unspecified atom stereocenters. The predicted molar refractivity (Wildman–Crippen MR) is 103 cm³/mol. The first kappa shape index (κ1) is 20.7. The number of benzene rings is 2. The van der Waals surface area contributed by atoms with Crippen LogP contribution in [0.25, 0.3) is 10.8 Å². The standard InChI is InChI=1S/C16H14N6O7S/c1-28-15-18-13(19-16(20-15)29-2)17-14(23)21-30(26,27)11-8-4-6-9-5-3-7-10(12(9)11)22(24)25/h3-8H,1-2H3,(H2,17,18,19,20,21,23). The third-order valence-electron chi connectivity index (χ3n) is 3.74. The molecule has 30 heavy (non-hydrogen) atoms. The number of nitro benzene ring substituents is 1. The fourth-order valence-electron chi connectivity index (χ4n) is 2.54. The molecule has 0 bridgehead atoms. The summed E-state index contributed by atoms with van der Waals surface area (Å²) >= 11 is 0. The van der Waals surface area contributed by atoms with Gasteiger partial charge in [0.05, 0.1) is 24.5 Å². The molecule has 13 nitrogen and oxygen atoms in total. The molecule has 14 heteroatoms. The summed E-state index contributed by atoms with van der Waals surface area (Å²) in [6, 6.07) is 6.63. The minimum atomic E-state index is -4.49. The lowest BCUT2D eigenvalue weighted by Gasteiger charge is -2.11. The summed E-state index contributed by atoms with van der Waals surface area (Å²) in [4.78, 5) is 33.7. The van der Waals surface area contributed by atoms with Crippen LogP contribution < -0.4 is 19.5 Å². The van der Waals surface area contributed by atoms with E-state index in [4.69, 9.17) is 9.47 Å². The second-order valence-corrected chi connectivity index (χ2v) is 7.23. The van der Waals surface area contributed by atoms with Crippen molar-refractivity contribution in [1.82, 2.24) is 19.7 Å². The van der Waals surface area contributed by atoms with Gasteiger partial charge in [-0.2, -0.15) is 9.97 Å². The van der Waals surface area contributed by atoms with Crippen LogP contribution in [-0.2, 0) is 10.0 Å². The Kier molecular flexibility index (Phi) is 5.59. The summed E-state index contributed by atoms with van der Waals surface area (Å²) in [5.74, 6) is -0.338. The normalized spacial score (nSPS) is 11.0. The van der Waals surface area contributed by atoms with Gasteiger partial charge in [-0.1, -0.05) is 24.3 Å². The maximum absolute atomic E-state index is 12.8. The van der Waals surface area contributed by atoms with Crippen molar-refractivity contribution in [3.63, 3.8) is 0 Å². The van der Waals surface area contributed by atoms with Crippen LogP contribution in [-0.4, -0.2) is 48.5 Å². The van der Waals surface area contributed by atoms with Gasteiger partial charge in [0.25, 0.3) is 15.7 Å². The van der Waals surface area contributed by atoms with Crippen LogP contribution in [0.3, 0.4) is 0 Å². The third kappa shape index (κ3) is 4.17. The average Bonchev–Trinajstić information content (AvgIpc) is 2.71. The van der Waals surface area contributed by atoms with Gasteiger partial charge in [0.15, 0.2) is 0 Å². The lowest BCUT2D eigenvalue weighted by molar-refractivity contribution is -0.383. The van der Waals surface area contributed by atoms with Crippen LogP contribution >= 0.6 is 0 Å². The van der Waals surface area contributed by atoms with E-state index < -0.39 is 31.6 Å². The van der Waals surface area contributed by atoms with Crippen molar-refractivity contribution in [2.45, 2.75) is 4.90 Å². The highest BCUT2D eigenvalue weighted by atomic mass is 32.2. The van der Waals surface area contributed by atoms with Crippen molar-refractivity contribution >= 4 is 38.5 Å². The molecule has 3 aromatic rings. The Morgan fingerprint density at radius 1 is 1.03 bits per heavy atom. The van der Waals surface area contributed by atoms with E-state index in [0.29, 0.717) is 5.39 Å². The molecule has 0 atom stereocenters. The zero-order valence-corrected chi connectivity index (χ0v) is 16.3. The Morgan fingerprint density at radius 2 is 1.63 bits per heavy atom. The summed E-state index contributed by atoms with van der Waals surface area (Å²) in [5, 5.41) is 13.6. The monoisotopic (exact) mass is 434 g/mol. The number of urea groups is 1. The number of fused-ring (bicyclic) bond motifs is 1. The van der Waals surface area contributed by atoms with Gasteiger partial charge in [0.2, 0.25) is 5.95 Å². The summed E-state index contributed by atoms with van der Waals surface area (Å²) in [6.07, 6.45) is 0. The fraction of sp³-hybridized carbons (Fsp3) is 0.125. The number of nitro groups is 1. The van der Waals surface area contributed by atoms with Gasteiger partial charge in [-0.15, -0.1) is 4.98 Å². The summed E-state index contributed by atoms with van der Waals surface area (Å²) in [7, 11) is -1.95. The highest BCUT2D eigenvalue weighted by Gasteiger charge is 2.25. The second-order valence-electron chi connectivity index (χ2n) is 5.58. The van der Waals surface area contributed by atoms with Crippen LogP contribution in [0, 0.1) is 10.1 Å². The van der Waals surface area contributed by atoms with E-state index in [0.717, 1.165) is 6.07 Å². The van der Waals surface area contributed by atoms with Crippen molar-refractivity contribution < 1.29 is 27.6 Å². The molecule has 0 spiro atoms. The topological polar surface area (TPSA) is 176 Å². The van der Waals surface area contributed by atoms with Gasteiger partial charge in [0.1, 0.15) is 4.90 Å². The lowest BCUT2D eigenvalue weighted by atomic mass is 10.1. The highest BCUT2D eigenvalue weighted by molar-refractivity contribution is 7.90. The maximum Gasteiger partial charge on any atom is 0.335 e. The van der Waals surface area contributed by atoms with Gasteiger partial charge < -0.3 is 9.47 Å². The molecule has 3 rings (SSSR count). The van der Waals surface area contributed by atoms with Gasteiger partial charge in [-0.05, 0) is 11.5 Å². The molecule has 2 amide bonds. The minimum Gasteiger partial charge on any atom is -0.467 e. The van der Waals surface area contributed by atoms with E-state index in [1.54, 1.807) is 4.72 Å². The van der Waals surface area contributed by atoms with Crippen LogP contribution in [0.2, 0.25) is 0 Å². The Bertz CT molecular complexity index is 1220. The molecular weight excluding hydrogens is 420 g/mol. The summed E-state index contributed by atoms with van der Waals surface area (Å²) < 4.78 is 37.0. The molecule has 0 aliphatic heterocycles. The van der Waals surface area contributed by atoms with E-state index in [9.17, 15) is 23.3 Å². The van der Waals surface area contributed by atoms with Crippen molar-refractivity contribution in [3.8, 4) is 12.0 Å². The number of aromatic nitrogens is 3. The number of nitrogens with zero attached hydrogens (tertiary/aromatic N) is 4. The van der Waals surface area contributed by atoms with Crippen LogP contribution in [0.15, 0.2) is 41.3 Å². The molecule has 0 saturated heterocycles. The lowest BCUT2D eigenvalue weighted by Crippen LogP contribution is -2.35. The Labute approximate surface area is 169 Å². The smallest absolute Gasteiger partial charge is 0.335 e. The molecule has 0 aliphatic carbocycles. The van der Waals surface area contributed by atoms with Gasteiger partial charge >= 0.3 is 18.1 Å².